The quantitative estimate of drug-likeness (QED) is 0.421. The topological polar surface area (TPSA) is 54.9 Å². The Balaban J connectivity index is 0.00000242. The highest BCUT2D eigenvalue weighted by Crippen LogP contribution is 2.11. The van der Waals surface area contributed by atoms with Gasteiger partial charge in [-0.05, 0) is 30.5 Å². The molecule has 1 atom stereocenters. The smallest absolute Gasteiger partial charge is 0.190 e. The van der Waals surface area contributed by atoms with Gasteiger partial charge in [0, 0.05) is 32.7 Å². The SMILES string of the molecule is CN=C(NCCc1ccc(OC)cc1)NCC1CCOC1.I. The molecule has 1 aromatic rings. The second-order valence-electron chi connectivity index (χ2n) is 5.21. The van der Waals surface area contributed by atoms with E-state index in [4.69, 9.17) is 9.47 Å². The van der Waals surface area contributed by atoms with E-state index in [0.717, 1.165) is 50.9 Å². The van der Waals surface area contributed by atoms with Crippen LogP contribution in [0.2, 0.25) is 0 Å². The van der Waals surface area contributed by atoms with Crippen LogP contribution in [0, 0.1) is 5.92 Å². The Morgan fingerprint density at radius 2 is 2.09 bits per heavy atom. The summed E-state index contributed by atoms with van der Waals surface area (Å²) in [5.41, 5.74) is 1.28. The van der Waals surface area contributed by atoms with Crippen molar-refractivity contribution in [2.45, 2.75) is 12.8 Å². The summed E-state index contributed by atoms with van der Waals surface area (Å²) >= 11 is 0. The average molecular weight is 419 g/mol. The van der Waals surface area contributed by atoms with Crippen molar-refractivity contribution in [3.05, 3.63) is 29.8 Å². The van der Waals surface area contributed by atoms with E-state index in [1.54, 1.807) is 14.2 Å². The Bertz CT molecular complexity index is 445. The van der Waals surface area contributed by atoms with Crippen LogP contribution in [0.5, 0.6) is 5.75 Å². The summed E-state index contributed by atoms with van der Waals surface area (Å²) in [6, 6.07) is 8.16. The van der Waals surface area contributed by atoms with Gasteiger partial charge in [-0.25, -0.2) is 0 Å². The fraction of sp³-hybridized carbons (Fsp3) is 0.562. The van der Waals surface area contributed by atoms with Crippen LogP contribution >= 0.6 is 24.0 Å². The molecule has 1 saturated heterocycles. The summed E-state index contributed by atoms with van der Waals surface area (Å²) in [7, 11) is 3.48. The molecule has 1 aliphatic rings. The van der Waals surface area contributed by atoms with Crippen molar-refractivity contribution >= 4 is 29.9 Å². The lowest BCUT2D eigenvalue weighted by Crippen LogP contribution is -2.40. The number of nitrogens with one attached hydrogen (secondary N) is 2. The second kappa shape index (κ2) is 10.7. The van der Waals surface area contributed by atoms with Crippen LogP contribution in [0.4, 0.5) is 0 Å². The normalized spacial score (nSPS) is 17.7. The van der Waals surface area contributed by atoms with Crippen molar-refractivity contribution in [2.75, 3.05) is 40.5 Å². The Morgan fingerprint density at radius 3 is 2.68 bits per heavy atom. The molecule has 22 heavy (non-hydrogen) atoms. The minimum Gasteiger partial charge on any atom is -0.497 e. The van der Waals surface area contributed by atoms with Gasteiger partial charge in [0.2, 0.25) is 0 Å². The number of guanidine groups is 1. The molecule has 1 heterocycles. The molecule has 2 rings (SSSR count). The fourth-order valence-electron chi connectivity index (χ4n) is 2.32. The van der Waals surface area contributed by atoms with E-state index >= 15 is 0 Å². The Hall–Kier alpha value is -1.02. The molecule has 0 radical (unpaired) electrons. The third-order valence-electron chi connectivity index (χ3n) is 3.67. The van der Waals surface area contributed by atoms with E-state index in [-0.39, 0.29) is 24.0 Å². The molecule has 0 amide bonds. The van der Waals surface area contributed by atoms with Crippen molar-refractivity contribution in [1.82, 2.24) is 10.6 Å². The van der Waals surface area contributed by atoms with E-state index < -0.39 is 0 Å². The van der Waals surface area contributed by atoms with Gasteiger partial charge in [-0.15, -0.1) is 24.0 Å². The van der Waals surface area contributed by atoms with E-state index in [1.165, 1.54) is 5.56 Å². The maximum Gasteiger partial charge on any atom is 0.190 e. The maximum absolute atomic E-state index is 5.37. The van der Waals surface area contributed by atoms with Crippen LogP contribution in [-0.4, -0.2) is 46.4 Å². The number of aliphatic imine (C=N–C) groups is 1. The van der Waals surface area contributed by atoms with E-state index in [1.807, 2.05) is 12.1 Å². The molecule has 124 valence electrons. The Labute approximate surface area is 149 Å². The molecule has 1 unspecified atom stereocenters. The number of methoxy groups -OCH3 is 1. The van der Waals surface area contributed by atoms with Crippen LogP contribution in [0.1, 0.15) is 12.0 Å². The number of hydrogen-bond donors (Lipinski definition) is 2. The van der Waals surface area contributed by atoms with Gasteiger partial charge < -0.3 is 20.1 Å². The number of hydrogen-bond acceptors (Lipinski definition) is 3. The largest absolute Gasteiger partial charge is 0.497 e. The lowest BCUT2D eigenvalue weighted by atomic mass is 10.1. The molecule has 5 nitrogen and oxygen atoms in total. The van der Waals surface area contributed by atoms with Gasteiger partial charge in [0.05, 0.1) is 13.7 Å². The van der Waals surface area contributed by atoms with Crippen molar-refractivity contribution in [1.29, 1.82) is 0 Å². The van der Waals surface area contributed by atoms with E-state index in [9.17, 15) is 0 Å². The summed E-state index contributed by atoms with van der Waals surface area (Å²) in [5.74, 6) is 2.35. The van der Waals surface area contributed by atoms with Gasteiger partial charge in [0.1, 0.15) is 5.75 Å². The molecule has 1 aromatic carbocycles. The first kappa shape index (κ1) is 19.0. The van der Waals surface area contributed by atoms with Crippen molar-refractivity contribution < 1.29 is 9.47 Å². The number of nitrogens with zero attached hydrogens (tertiary/aromatic N) is 1. The monoisotopic (exact) mass is 419 g/mol. The summed E-state index contributed by atoms with van der Waals surface area (Å²) in [6.45, 7) is 3.51. The molecule has 0 bridgehead atoms. The van der Waals surface area contributed by atoms with Crippen molar-refractivity contribution in [3.8, 4) is 5.75 Å². The van der Waals surface area contributed by atoms with Gasteiger partial charge in [0.25, 0.3) is 0 Å². The highest BCUT2D eigenvalue weighted by Gasteiger charge is 2.15. The summed E-state index contributed by atoms with van der Waals surface area (Å²) in [5, 5.41) is 6.69. The Kier molecular flexibility index (Phi) is 9.22. The number of halogens is 1. The fourth-order valence-corrected chi connectivity index (χ4v) is 2.32. The van der Waals surface area contributed by atoms with Crippen LogP contribution in [0.15, 0.2) is 29.3 Å². The van der Waals surface area contributed by atoms with Gasteiger partial charge >= 0.3 is 0 Å². The molecule has 0 spiro atoms. The zero-order valence-corrected chi connectivity index (χ0v) is 15.6. The minimum absolute atomic E-state index is 0. The van der Waals surface area contributed by atoms with Gasteiger partial charge in [0.15, 0.2) is 5.96 Å². The molecular weight excluding hydrogens is 393 g/mol. The second-order valence-corrected chi connectivity index (χ2v) is 5.21. The van der Waals surface area contributed by atoms with Gasteiger partial charge in [-0.3, -0.25) is 4.99 Å². The van der Waals surface area contributed by atoms with Gasteiger partial charge in [-0.2, -0.15) is 0 Å². The lowest BCUT2D eigenvalue weighted by Gasteiger charge is -2.14. The highest BCUT2D eigenvalue weighted by atomic mass is 127. The van der Waals surface area contributed by atoms with Crippen molar-refractivity contribution in [3.63, 3.8) is 0 Å². The molecular formula is C16H26IN3O2. The molecule has 0 aromatic heterocycles. The Morgan fingerprint density at radius 1 is 1.32 bits per heavy atom. The van der Waals surface area contributed by atoms with Crippen LogP contribution < -0.4 is 15.4 Å². The molecule has 1 fully saturated rings. The minimum atomic E-state index is 0. The first-order valence-electron chi connectivity index (χ1n) is 7.47. The summed E-state index contributed by atoms with van der Waals surface area (Å²) < 4.78 is 10.5. The predicted octanol–water partition coefficient (Wildman–Crippen LogP) is 2.06. The molecule has 2 N–H and O–H groups in total. The molecule has 6 heteroatoms. The van der Waals surface area contributed by atoms with E-state index in [2.05, 4.69) is 27.8 Å². The van der Waals surface area contributed by atoms with Crippen LogP contribution in [0.3, 0.4) is 0 Å². The number of rotatable bonds is 6. The zero-order chi connectivity index (χ0) is 14.9. The molecule has 0 aliphatic carbocycles. The summed E-state index contributed by atoms with van der Waals surface area (Å²) in [6.07, 6.45) is 2.09. The third kappa shape index (κ3) is 6.39. The molecule has 1 aliphatic heterocycles. The maximum atomic E-state index is 5.37. The zero-order valence-electron chi connectivity index (χ0n) is 13.3. The first-order chi connectivity index (χ1) is 10.3. The molecule has 0 saturated carbocycles. The van der Waals surface area contributed by atoms with Crippen molar-refractivity contribution in [2.24, 2.45) is 10.9 Å². The third-order valence-corrected chi connectivity index (χ3v) is 3.67. The van der Waals surface area contributed by atoms with Crippen LogP contribution in [-0.2, 0) is 11.2 Å². The predicted molar refractivity (Wildman–Crippen MR) is 100 cm³/mol. The average Bonchev–Trinajstić information content (AvgIpc) is 3.04. The lowest BCUT2D eigenvalue weighted by molar-refractivity contribution is 0.186. The number of ether oxygens (including phenoxy) is 2. The number of benzene rings is 1. The highest BCUT2D eigenvalue weighted by molar-refractivity contribution is 14.0. The van der Waals surface area contributed by atoms with Crippen LogP contribution in [0.25, 0.3) is 0 Å². The standard InChI is InChI=1S/C16H25N3O2.HI/c1-17-16(19-11-14-8-10-21-12-14)18-9-7-13-3-5-15(20-2)6-4-13;/h3-6,14H,7-12H2,1-2H3,(H2,17,18,19);1H. The van der Waals surface area contributed by atoms with E-state index in [0.29, 0.717) is 5.92 Å². The van der Waals surface area contributed by atoms with Gasteiger partial charge in [-0.1, -0.05) is 12.1 Å². The first-order valence-corrected chi connectivity index (χ1v) is 7.47. The summed E-state index contributed by atoms with van der Waals surface area (Å²) in [4.78, 5) is 4.24.